The first-order valence-corrected chi connectivity index (χ1v) is 11.4. The molecule has 0 radical (unpaired) electrons. The first kappa shape index (κ1) is 24.0. The zero-order chi connectivity index (χ0) is 24.3. The number of hydrogen-bond donors (Lipinski definition) is 0. The van der Waals surface area contributed by atoms with Crippen LogP contribution in [0.15, 0.2) is 54.6 Å². The fraction of sp³-hybridized carbons (Fsp3) is 0.385. The van der Waals surface area contributed by atoms with Crippen LogP contribution in [-0.4, -0.2) is 35.8 Å². The Morgan fingerprint density at radius 1 is 0.971 bits per heavy atom. The van der Waals surface area contributed by atoms with Crippen LogP contribution in [0, 0.1) is 0 Å². The molecule has 1 saturated heterocycles. The quantitative estimate of drug-likeness (QED) is 0.412. The predicted molar refractivity (Wildman–Crippen MR) is 119 cm³/mol. The van der Waals surface area contributed by atoms with Gasteiger partial charge in [0, 0.05) is 13.1 Å². The lowest BCUT2D eigenvalue weighted by Crippen LogP contribution is -2.53. The normalized spacial score (nSPS) is 18.1. The lowest BCUT2D eigenvalue weighted by Gasteiger charge is -2.40. The van der Waals surface area contributed by atoms with E-state index >= 15 is 0 Å². The average molecular weight is 473 g/mol. The van der Waals surface area contributed by atoms with Crippen molar-refractivity contribution in [3.05, 3.63) is 76.9 Å². The molecule has 5 nitrogen and oxygen atoms in total. The molecule has 2 aliphatic heterocycles. The van der Waals surface area contributed by atoms with Crippen LogP contribution in [-0.2, 0) is 38.1 Å². The van der Waals surface area contributed by atoms with Crippen LogP contribution in [0.1, 0.15) is 48.4 Å². The molecule has 1 fully saturated rings. The van der Waals surface area contributed by atoms with E-state index in [0.717, 1.165) is 37.0 Å². The van der Waals surface area contributed by atoms with E-state index in [-0.39, 0.29) is 13.0 Å². The summed E-state index contributed by atoms with van der Waals surface area (Å²) in [5.41, 5.74) is 2.44. The minimum Gasteiger partial charge on any atom is -0.399 e. The van der Waals surface area contributed by atoms with E-state index in [4.69, 9.17) is 9.47 Å². The Morgan fingerprint density at radius 3 is 2.24 bits per heavy atom. The van der Waals surface area contributed by atoms with Gasteiger partial charge in [0.2, 0.25) is 0 Å². The molecule has 0 N–H and O–H groups in total. The van der Waals surface area contributed by atoms with Crippen molar-refractivity contribution in [2.24, 2.45) is 0 Å². The lowest BCUT2D eigenvalue weighted by atomic mass is 9.95. The number of carbonyl (C=O) groups excluding carboxylic acids is 2. The molecular weight excluding hydrogens is 447 g/mol. The molecule has 8 heteroatoms. The standard InChI is InChI=1S/C26H26F3NO4/c1-2-3-5-18-8-10-19(11-9-18)12-14-30-15-13-21(17-25(30)33-23(31)24(32)34-25)20-6-4-7-22(16-20)26(27,28)29/h4,6-11,13,16H,2-3,5,12,14-15,17H2,1H3. The highest BCUT2D eigenvalue weighted by atomic mass is 19.4. The topological polar surface area (TPSA) is 55.8 Å². The largest absolute Gasteiger partial charge is 0.421 e. The van der Waals surface area contributed by atoms with Gasteiger partial charge in [0.15, 0.2) is 0 Å². The maximum absolute atomic E-state index is 13.2. The zero-order valence-corrected chi connectivity index (χ0v) is 18.9. The van der Waals surface area contributed by atoms with Crippen molar-refractivity contribution < 1.29 is 32.2 Å². The van der Waals surface area contributed by atoms with Gasteiger partial charge in [0.25, 0.3) is 0 Å². The van der Waals surface area contributed by atoms with Crippen LogP contribution < -0.4 is 0 Å². The molecule has 0 aromatic heterocycles. The summed E-state index contributed by atoms with van der Waals surface area (Å²) in [7, 11) is 0. The van der Waals surface area contributed by atoms with Gasteiger partial charge in [0.1, 0.15) is 0 Å². The molecule has 2 aromatic carbocycles. The fourth-order valence-corrected chi connectivity index (χ4v) is 4.27. The molecule has 0 unspecified atom stereocenters. The smallest absolute Gasteiger partial charge is 0.399 e. The number of halogens is 3. The fourth-order valence-electron chi connectivity index (χ4n) is 4.27. The molecule has 1 spiro atoms. The highest BCUT2D eigenvalue weighted by molar-refractivity contribution is 6.31. The molecule has 4 rings (SSSR count). The molecule has 0 aliphatic carbocycles. The maximum atomic E-state index is 13.2. The summed E-state index contributed by atoms with van der Waals surface area (Å²) in [6.45, 7) is 2.83. The van der Waals surface area contributed by atoms with E-state index in [1.165, 1.54) is 11.6 Å². The number of benzene rings is 2. The van der Waals surface area contributed by atoms with Crippen LogP contribution >= 0.6 is 0 Å². The molecular formula is C26H26F3NO4. The molecule has 0 saturated carbocycles. The summed E-state index contributed by atoms with van der Waals surface area (Å²) in [5, 5.41) is 0. The maximum Gasteiger partial charge on any atom is 0.421 e. The molecule has 0 atom stereocenters. The summed E-state index contributed by atoms with van der Waals surface area (Å²) < 4.78 is 50.3. The average Bonchev–Trinajstić information content (AvgIpc) is 3.10. The second kappa shape index (κ2) is 9.62. The van der Waals surface area contributed by atoms with Crippen LogP contribution in [0.25, 0.3) is 5.57 Å². The van der Waals surface area contributed by atoms with E-state index < -0.39 is 29.6 Å². The van der Waals surface area contributed by atoms with E-state index in [1.807, 2.05) is 0 Å². The number of nitrogens with zero attached hydrogens (tertiary/aromatic N) is 1. The molecule has 34 heavy (non-hydrogen) atoms. The minimum atomic E-state index is -4.48. The van der Waals surface area contributed by atoms with Crippen LogP contribution in [0.3, 0.4) is 0 Å². The number of alkyl halides is 3. The number of unbranched alkanes of at least 4 members (excludes halogenated alkanes) is 1. The molecule has 180 valence electrons. The number of hydrogen-bond acceptors (Lipinski definition) is 5. The van der Waals surface area contributed by atoms with Gasteiger partial charge >= 0.3 is 24.0 Å². The van der Waals surface area contributed by atoms with Crippen molar-refractivity contribution in [1.29, 1.82) is 0 Å². The predicted octanol–water partition coefficient (Wildman–Crippen LogP) is 5.13. The van der Waals surface area contributed by atoms with Crippen molar-refractivity contribution in [2.45, 2.75) is 51.1 Å². The Bertz CT molecular complexity index is 1080. The van der Waals surface area contributed by atoms with E-state index in [1.54, 1.807) is 17.0 Å². The first-order chi connectivity index (χ1) is 16.2. The Hall–Kier alpha value is -3.13. The van der Waals surface area contributed by atoms with Crippen molar-refractivity contribution in [3.63, 3.8) is 0 Å². The molecule has 0 bridgehead atoms. The Morgan fingerprint density at radius 2 is 1.62 bits per heavy atom. The number of carbonyl (C=O) groups is 2. The Kier molecular flexibility index (Phi) is 6.79. The molecule has 2 heterocycles. The number of rotatable bonds is 7. The van der Waals surface area contributed by atoms with Crippen molar-refractivity contribution in [3.8, 4) is 0 Å². The summed E-state index contributed by atoms with van der Waals surface area (Å²) in [5.74, 6) is -3.86. The SMILES string of the molecule is CCCCc1ccc(CCN2CC=C(c3cccc(C(F)(F)F)c3)CC23OC(=O)C(=O)O3)cc1. The summed E-state index contributed by atoms with van der Waals surface area (Å²) >= 11 is 0. The minimum absolute atomic E-state index is 0.0538. The second-order valence-corrected chi connectivity index (χ2v) is 8.59. The molecule has 0 amide bonds. The zero-order valence-electron chi connectivity index (χ0n) is 18.9. The summed E-state index contributed by atoms with van der Waals surface area (Å²) in [6.07, 6.45) is 1.17. The van der Waals surface area contributed by atoms with Crippen LogP contribution in [0.5, 0.6) is 0 Å². The van der Waals surface area contributed by atoms with Crippen LogP contribution in [0.4, 0.5) is 13.2 Å². The van der Waals surface area contributed by atoms with Gasteiger partial charge < -0.3 is 9.47 Å². The number of ether oxygens (including phenoxy) is 2. The van der Waals surface area contributed by atoms with Gasteiger partial charge in [-0.25, -0.2) is 14.5 Å². The van der Waals surface area contributed by atoms with Gasteiger partial charge in [-0.05, 0) is 53.7 Å². The van der Waals surface area contributed by atoms with Gasteiger partial charge in [-0.1, -0.05) is 55.8 Å². The highest BCUT2D eigenvalue weighted by Gasteiger charge is 2.54. The molecule has 2 aromatic rings. The highest BCUT2D eigenvalue weighted by Crippen LogP contribution is 2.40. The van der Waals surface area contributed by atoms with Gasteiger partial charge in [-0.15, -0.1) is 0 Å². The van der Waals surface area contributed by atoms with E-state index in [2.05, 4.69) is 31.2 Å². The van der Waals surface area contributed by atoms with Gasteiger partial charge in [-0.2, -0.15) is 13.2 Å². The van der Waals surface area contributed by atoms with Crippen molar-refractivity contribution in [2.75, 3.05) is 13.1 Å². The summed E-state index contributed by atoms with van der Waals surface area (Å²) in [6, 6.07) is 13.2. The third kappa shape index (κ3) is 5.17. The Labute approximate surface area is 196 Å². The number of aryl methyl sites for hydroxylation is 1. The van der Waals surface area contributed by atoms with Crippen molar-refractivity contribution in [1.82, 2.24) is 4.90 Å². The third-order valence-electron chi connectivity index (χ3n) is 6.20. The van der Waals surface area contributed by atoms with E-state index in [9.17, 15) is 22.8 Å². The monoisotopic (exact) mass is 473 g/mol. The number of esters is 2. The van der Waals surface area contributed by atoms with E-state index in [0.29, 0.717) is 24.1 Å². The Balaban J connectivity index is 1.53. The van der Waals surface area contributed by atoms with Gasteiger partial charge in [0.05, 0.1) is 12.0 Å². The van der Waals surface area contributed by atoms with Crippen molar-refractivity contribution >= 4 is 17.5 Å². The van der Waals surface area contributed by atoms with Gasteiger partial charge in [-0.3, -0.25) is 0 Å². The second-order valence-electron chi connectivity index (χ2n) is 8.59. The summed E-state index contributed by atoms with van der Waals surface area (Å²) in [4.78, 5) is 25.6. The third-order valence-corrected chi connectivity index (χ3v) is 6.20. The first-order valence-electron chi connectivity index (χ1n) is 11.4. The van der Waals surface area contributed by atoms with Crippen LogP contribution in [0.2, 0.25) is 0 Å². The molecule has 2 aliphatic rings. The lowest BCUT2D eigenvalue weighted by molar-refractivity contribution is -0.246.